The lowest BCUT2D eigenvalue weighted by atomic mass is 9.98. The van der Waals surface area contributed by atoms with E-state index in [0.29, 0.717) is 11.5 Å². The van der Waals surface area contributed by atoms with Crippen LogP contribution in [0.15, 0.2) is 48.5 Å². The molecular formula is C20H19NO5. The smallest absolute Gasteiger partial charge is 0.333 e. The molecule has 1 aliphatic heterocycles. The Labute approximate surface area is 151 Å². The molecule has 2 aromatic rings. The van der Waals surface area contributed by atoms with E-state index in [0.717, 1.165) is 11.3 Å². The topological polar surface area (TPSA) is 72.9 Å². The summed E-state index contributed by atoms with van der Waals surface area (Å²) < 4.78 is 5.19. The average Bonchev–Trinajstić information content (AvgIpc) is 2.87. The van der Waals surface area contributed by atoms with Crippen LogP contribution >= 0.6 is 0 Å². The Morgan fingerprint density at radius 2 is 1.69 bits per heavy atom. The van der Waals surface area contributed by atoms with Gasteiger partial charge in [0.25, 0.3) is 11.8 Å². The lowest BCUT2D eigenvalue weighted by Gasteiger charge is -2.15. The van der Waals surface area contributed by atoms with Gasteiger partial charge in [0, 0.05) is 0 Å². The van der Waals surface area contributed by atoms with Gasteiger partial charge in [0.05, 0.1) is 24.7 Å². The number of amides is 2. The van der Waals surface area contributed by atoms with E-state index in [2.05, 4.69) is 0 Å². The molecule has 2 amide bonds. The highest BCUT2D eigenvalue weighted by atomic mass is 16.7. The van der Waals surface area contributed by atoms with Gasteiger partial charge in [0.2, 0.25) is 0 Å². The van der Waals surface area contributed by atoms with Crippen molar-refractivity contribution in [3.8, 4) is 5.75 Å². The minimum Gasteiger partial charge on any atom is -0.497 e. The minimum atomic E-state index is -0.616. The van der Waals surface area contributed by atoms with E-state index >= 15 is 0 Å². The Morgan fingerprint density at radius 3 is 2.31 bits per heavy atom. The summed E-state index contributed by atoms with van der Waals surface area (Å²) in [6.07, 6.45) is 0.735. The van der Waals surface area contributed by atoms with Crippen LogP contribution in [0.1, 0.15) is 39.6 Å². The van der Waals surface area contributed by atoms with Gasteiger partial charge >= 0.3 is 5.97 Å². The van der Waals surface area contributed by atoms with Crippen molar-refractivity contribution in [3.63, 3.8) is 0 Å². The monoisotopic (exact) mass is 353 g/mol. The number of imide groups is 1. The Kier molecular flexibility index (Phi) is 5.02. The third-order valence-corrected chi connectivity index (χ3v) is 4.18. The number of ether oxygens (including phenoxy) is 1. The molecule has 2 aromatic carbocycles. The van der Waals surface area contributed by atoms with Crippen LogP contribution in [0, 0.1) is 5.92 Å². The minimum absolute atomic E-state index is 0.0233. The third kappa shape index (κ3) is 3.59. The summed E-state index contributed by atoms with van der Waals surface area (Å²) >= 11 is 0. The van der Waals surface area contributed by atoms with E-state index in [-0.39, 0.29) is 23.5 Å². The first kappa shape index (κ1) is 17.7. The van der Waals surface area contributed by atoms with Crippen molar-refractivity contribution in [2.75, 3.05) is 7.11 Å². The Balaban J connectivity index is 1.59. The number of carbonyl (C=O) groups is 3. The number of rotatable bonds is 6. The predicted octanol–water partition coefficient (Wildman–Crippen LogP) is 3.02. The van der Waals surface area contributed by atoms with Crippen LogP contribution in [0.4, 0.5) is 0 Å². The molecule has 0 saturated carbocycles. The molecule has 6 nitrogen and oxygen atoms in total. The second-order valence-electron chi connectivity index (χ2n) is 6.28. The zero-order chi connectivity index (χ0) is 18.7. The van der Waals surface area contributed by atoms with Crippen molar-refractivity contribution in [1.82, 2.24) is 5.06 Å². The largest absolute Gasteiger partial charge is 0.497 e. The maximum atomic E-state index is 12.2. The zero-order valence-corrected chi connectivity index (χ0v) is 14.6. The average molecular weight is 353 g/mol. The van der Waals surface area contributed by atoms with Crippen molar-refractivity contribution in [1.29, 1.82) is 0 Å². The van der Waals surface area contributed by atoms with Crippen LogP contribution in [0.25, 0.3) is 0 Å². The lowest BCUT2D eigenvalue weighted by molar-refractivity contribution is -0.169. The molecule has 0 N–H and O–H groups in total. The SMILES string of the molecule is COc1cccc(CC(C)CC(=O)ON2C(=O)c3ccccc3C2=O)c1. The first-order chi connectivity index (χ1) is 12.5. The molecule has 0 bridgehead atoms. The molecule has 134 valence electrons. The van der Waals surface area contributed by atoms with Gasteiger partial charge in [-0.05, 0) is 42.2 Å². The summed E-state index contributed by atoms with van der Waals surface area (Å²) in [6, 6.07) is 14.0. The molecule has 0 spiro atoms. The highest BCUT2D eigenvalue weighted by molar-refractivity contribution is 6.20. The first-order valence-corrected chi connectivity index (χ1v) is 8.31. The van der Waals surface area contributed by atoms with Crippen molar-refractivity contribution in [3.05, 3.63) is 65.2 Å². The normalized spacial score (nSPS) is 14.2. The van der Waals surface area contributed by atoms with E-state index in [1.807, 2.05) is 31.2 Å². The fraction of sp³-hybridized carbons (Fsp3) is 0.250. The highest BCUT2D eigenvalue weighted by Crippen LogP contribution is 2.24. The van der Waals surface area contributed by atoms with Gasteiger partial charge in [-0.15, -0.1) is 0 Å². The van der Waals surface area contributed by atoms with Gasteiger partial charge in [-0.25, -0.2) is 4.79 Å². The zero-order valence-electron chi connectivity index (χ0n) is 14.6. The summed E-state index contributed by atoms with van der Waals surface area (Å²) in [4.78, 5) is 41.6. The standard InChI is InChI=1S/C20H19NO5/c1-13(10-14-6-5-7-15(12-14)25-2)11-18(22)26-21-19(23)16-8-3-4-9-17(16)20(21)24/h3-9,12-13H,10-11H2,1-2H3. The number of methoxy groups -OCH3 is 1. The molecule has 1 heterocycles. The number of hydroxylamine groups is 2. The third-order valence-electron chi connectivity index (χ3n) is 4.18. The van der Waals surface area contributed by atoms with Gasteiger partial charge in [-0.1, -0.05) is 36.3 Å². The fourth-order valence-corrected chi connectivity index (χ4v) is 2.95. The van der Waals surface area contributed by atoms with Crippen molar-refractivity contribution in [2.45, 2.75) is 19.8 Å². The quantitative estimate of drug-likeness (QED) is 0.747. The molecule has 1 atom stereocenters. The molecule has 1 unspecified atom stereocenters. The van der Waals surface area contributed by atoms with Gasteiger partial charge in [-0.2, -0.15) is 0 Å². The molecule has 3 rings (SSSR count). The lowest BCUT2D eigenvalue weighted by Crippen LogP contribution is -2.33. The van der Waals surface area contributed by atoms with E-state index < -0.39 is 17.8 Å². The molecule has 0 fully saturated rings. The summed E-state index contributed by atoms with van der Waals surface area (Å²) in [6.45, 7) is 1.91. The van der Waals surface area contributed by atoms with Crippen molar-refractivity contribution < 1.29 is 24.0 Å². The second kappa shape index (κ2) is 7.39. The molecule has 0 aliphatic carbocycles. The maximum Gasteiger partial charge on any atom is 0.333 e. The van der Waals surface area contributed by atoms with Gasteiger partial charge in [0.15, 0.2) is 0 Å². The van der Waals surface area contributed by atoms with Crippen molar-refractivity contribution >= 4 is 17.8 Å². The summed E-state index contributed by atoms with van der Waals surface area (Å²) in [7, 11) is 1.60. The second-order valence-corrected chi connectivity index (χ2v) is 6.28. The highest BCUT2D eigenvalue weighted by Gasteiger charge is 2.38. The molecule has 0 aromatic heterocycles. The van der Waals surface area contributed by atoms with Crippen LogP contribution in [0.5, 0.6) is 5.75 Å². The van der Waals surface area contributed by atoms with Crippen LogP contribution in [0.2, 0.25) is 0 Å². The van der Waals surface area contributed by atoms with E-state index in [4.69, 9.17) is 9.57 Å². The summed E-state index contributed by atoms with van der Waals surface area (Å²) in [5.74, 6) is -1.11. The van der Waals surface area contributed by atoms with Crippen LogP contribution in [0.3, 0.4) is 0 Å². The van der Waals surface area contributed by atoms with E-state index in [1.54, 1.807) is 19.2 Å². The number of hydrogen-bond donors (Lipinski definition) is 0. The number of hydrogen-bond acceptors (Lipinski definition) is 5. The van der Waals surface area contributed by atoms with Crippen LogP contribution in [-0.4, -0.2) is 30.0 Å². The fourth-order valence-electron chi connectivity index (χ4n) is 2.95. The van der Waals surface area contributed by atoms with Gasteiger partial charge in [0.1, 0.15) is 5.75 Å². The number of nitrogens with zero attached hydrogens (tertiary/aromatic N) is 1. The van der Waals surface area contributed by atoms with Crippen LogP contribution in [-0.2, 0) is 16.1 Å². The van der Waals surface area contributed by atoms with Gasteiger partial charge in [-0.3, -0.25) is 9.59 Å². The molecule has 26 heavy (non-hydrogen) atoms. The van der Waals surface area contributed by atoms with E-state index in [9.17, 15) is 14.4 Å². The number of benzene rings is 2. The Bertz CT molecular complexity index is 826. The predicted molar refractivity (Wildman–Crippen MR) is 93.5 cm³/mol. The Hall–Kier alpha value is -3.15. The van der Waals surface area contributed by atoms with Crippen molar-refractivity contribution in [2.24, 2.45) is 5.92 Å². The van der Waals surface area contributed by atoms with Crippen LogP contribution < -0.4 is 4.74 Å². The summed E-state index contributed by atoms with van der Waals surface area (Å²) in [5.41, 5.74) is 1.52. The molecule has 0 radical (unpaired) electrons. The number of carbonyl (C=O) groups excluding carboxylic acids is 3. The molecule has 6 heteroatoms. The Morgan fingerprint density at radius 1 is 1.04 bits per heavy atom. The summed E-state index contributed by atoms with van der Waals surface area (Å²) in [5, 5.41) is 0.547. The number of fused-ring (bicyclic) bond motifs is 1. The molecular weight excluding hydrogens is 334 g/mol. The maximum absolute atomic E-state index is 12.2. The van der Waals surface area contributed by atoms with Gasteiger partial charge < -0.3 is 9.57 Å². The van der Waals surface area contributed by atoms with E-state index in [1.165, 1.54) is 12.1 Å². The molecule has 0 saturated heterocycles. The first-order valence-electron chi connectivity index (χ1n) is 8.31. The molecule has 1 aliphatic rings.